The minimum absolute atomic E-state index is 0.276. The van der Waals surface area contributed by atoms with Gasteiger partial charge in [0.25, 0.3) is 0 Å². The third-order valence-electron chi connectivity index (χ3n) is 3.99. The van der Waals surface area contributed by atoms with Crippen LogP contribution in [0.5, 0.6) is 5.75 Å². The average Bonchev–Trinajstić information content (AvgIpc) is 2.71. The van der Waals surface area contributed by atoms with Crippen LogP contribution in [-0.4, -0.2) is 30.8 Å². The summed E-state index contributed by atoms with van der Waals surface area (Å²) in [7, 11) is 1.28. The van der Waals surface area contributed by atoms with Crippen molar-refractivity contribution in [1.29, 1.82) is 0 Å². The van der Waals surface area contributed by atoms with Crippen molar-refractivity contribution in [1.82, 2.24) is 5.32 Å². The summed E-state index contributed by atoms with van der Waals surface area (Å²) in [6.07, 6.45) is 3.29. The predicted octanol–water partition coefficient (Wildman–Crippen LogP) is 4.74. The van der Waals surface area contributed by atoms with Gasteiger partial charge in [0.2, 0.25) is 0 Å². The summed E-state index contributed by atoms with van der Waals surface area (Å²) in [5.74, 6) is 0.241. The van der Waals surface area contributed by atoms with Crippen LogP contribution in [0, 0.1) is 0 Å². The average molecular weight is 411 g/mol. The summed E-state index contributed by atoms with van der Waals surface area (Å²) in [6, 6.07) is 16.8. The van der Waals surface area contributed by atoms with Crippen molar-refractivity contribution in [2.24, 2.45) is 0 Å². The zero-order valence-corrected chi connectivity index (χ0v) is 17.9. The van der Waals surface area contributed by atoms with Gasteiger partial charge in [0.1, 0.15) is 24.0 Å². The molecule has 0 saturated heterocycles. The maximum Gasteiger partial charge on any atom is 0.408 e. The molecule has 6 heteroatoms. The van der Waals surface area contributed by atoms with Crippen molar-refractivity contribution >= 4 is 18.1 Å². The zero-order valence-electron chi connectivity index (χ0n) is 17.9. The number of methoxy groups -OCH3 is 1. The van der Waals surface area contributed by atoms with Gasteiger partial charge in [0, 0.05) is 0 Å². The molecular formula is C24H29NO5. The van der Waals surface area contributed by atoms with Gasteiger partial charge in [-0.3, -0.25) is 0 Å². The van der Waals surface area contributed by atoms with Crippen molar-refractivity contribution in [3.8, 4) is 5.75 Å². The van der Waals surface area contributed by atoms with Gasteiger partial charge in [0.05, 0.1) is 7.11 Å². The van der Waals surface area contributed by atoms with Gasteiger partial charge < -0.3 is 19.5 Å². The van der Waals surface area contributed by atoms with E-state index in [0.29, 0.717) is 6.61 Å². The number of hydrogen-bond acceptors (Lipinski definition) is 5. The van der Waals surface area contributed by atoms with E-state index in [1.807, 2.05) is 60.7 Å². The van der Waals surface area contributed by atoms with Gasteiger partial charge >= 0.3 is 12.1 Å². The number of carbonyl (C=O) groups excluding carboxylic acids is 2. The first-order valence-electron chi connectivity index (χ1n) is 9.77. The van der Waals surface area contributed by atoms with E-state index in [-0.39, 0.29) is 6.42 Å². The standard InChI is InChI=1S/C24H29NO5/c1-24(2,3)30-23(27)25-21(22(26)28-4)12-8-11-18-13-15-20(16-14-18)29-17-19-9-6-5-7-10-19/h5-11,13-16,21H,12,17H2,1-4H3,(H,25,27)/b11-8-/t21-/m0/s1. The van der Waals surface area contributed by atoms with Crippen LogP contribution < -0.4 is 10.1 Å². The highest BCUT2D eigenvalue weighted by Crippen LogP contribution is 2.15. The summed E-state index contributed by atoms with van der Waals surface area (Å²) < 4.78 is 15.7. The number of amides is 1. The van der Waals surface area contributed by atoms with Gasteiger partial charge in [-0.2, -0.15) is 0 Å². The third-order valence-corrected chi connectivity index (χ3v) is 3.99. The minimum Gasteiger partial charge on any atom is -0.489 e. The smallest absolute Gasteiger partial charge is 0.408 e. The van der Waals surface area contributed by atoms with Crippen molar-refractivity contribution in [3.63, 3.8) is 0 Å². The Balaban J connectivity index is 1.89. The van der Waals surface area contributed by atoms with Crippen LogP contribution in [0.4, 0.5) is 4.79 Å². The Kier molecular flexibility index (Phi) is 8.47. The molecular weight excluding hydrogens is 382 g/mol. The van der Waals surface area contributed by atoms with E-state index in [1.165, 1.54) is 7.11 Å². The van der Waals surface area contributed by atoms with Gasteiger partial charge in [-0.05, 0) is 50.5 Å². The Bertz CT molecular complexity index is 838. The Morgan fingerprint density at radius 1 is 1.03 bits per heavy atom. The lowest BCUT2D eigenvalue weighted by Gasteiger charge is -2.22. The highest BCUT2D eigenvalue weighted by Gasteiger charge is 2.23. The second-order valence-electron chi connectivity index (χ2n) is 7.70. The van der Waals surface area contributed by atoms with Gasteiger partial charge in [-0.25, -0.2) is 9.59 Å². The molecule has 0 radical (unpaired) electrons. The molecule has 2 aromatic rings. The Morgan fingerprint density at radius 3 is 2.30 bits per heavy atom. The molecule has 0 aliphatic rings. The van der Waals surface area contributed by atoms with Crippen LogP contribution >= 0.6 is 0 Å². The molecule has 0 bridgehead atoms. The predicted molar refractivity (Wildman–Crippen MR) is 116 cm³/mol. The number of esters is 1. The lowest BCUT2D eigenvalue weighted by atomic mass is 10.1. The fourth-order valence-electron chi connectivity index (χ4n) is 2.56. The highest BCUT2D eigenvalue weighted by molar-refractivity contribution is 5.81. The molecule has 1 amide bonds. The molecule has 0 saturated carbocycles. The largest absolute Gasteiger partial charge is 0.489 e. The monoisotopic (exact) mass is 411 g/mol. The van der Waals surface area contributed by atoms with Crippen LogP contribution in [0.1, 0.15) is 38.3 Å². The maximum atomic E-state index is 11.9. The molecule has 160 valence electrons. The van der Waals surface area contributed by atoms with E-state index in [9.17, 15) is 9.59 Å². The van der Waals surface area contributed by atoms with Gasteiger partial charge in [-0.15, -0.1) is 0 Å². The Hall–Kier alpha value is -3.28. The number of nitrogens with one attached hydrogen (secondary N) is 1. The van der Waals surface area contributed by atoms with Crippen molar-refractivity contribution in [3.05, 3.63) is 71.8 Å². The second kappa shape index (κ2) is 11.0. The molecule has 0 aromatic heterocycles. The Labute approximate surface area is 177 Å². The Morgan fingerprint density at radius 2 is 1.70 bits per heavy atom. The lowest BCUT2D eigenvalue weighted by molar-refractivity contribution is -0.143. The topological polar surface area (TPSA) is 73.9 Å². The first-order chi connectivity index (χ1) is 14.3. The summed E-state index contributed by atoms with van der Waals surface area (Å²) in [4.78, 5) is 23.9. The van der Waals surface area contributed by atoms with Crippen LogP contribution in [0.25, 0.3) is 6.08 Å². The summed E-state index contributed by atoms with van der Waals surface area (Å²) >= 11 is 0. The van der Waals surface area contributed by atoms with E-state index in [4.69, 9.17) is 14.2 Å². The fraction of sp³-hybridized carbons (Fsp3) is 0.333. The number of ether oxygens (including phenoxy) is 3. The van der Waals surface area contributed by atoms with Crippen LogP contribution in [0.2, 0.25) is 0 Å². The molecule has 0 heterocycles. The number of rotatable bonds is 8. The first kappa shape index (κ1) is 23.0. The van der Waals surface area contributed by atoms with Crippen LogP contribution in [-0.2, 0) is 20.9 Å². The summed E-state index contributed by atoms with van der Waals surface area (Å²) in [6.45, 7) is 5.78. The number of alkyl carbamates (subject to hydrolysis) is 1. The van der Waals surface area contributed by atoms with Crippen LogP contribution in [0.15, 0.2) is 60.7 Å². The summed E-state index contributed by atoms with van der Waals surface area (Å²) in [5.41, 5.74) is 1.40. The third kappa shape index (κ3) is 8.39. The van der Waals surface area contributed by atoms with E-state index < -0.39 is 23.7 Å². The fourth-order valence-corrected chi connectivity index (χ4v) is 2.56. The molecule has 2 rings (SSSR count). The maximum absolute atomic E-state index is 11.9. The lowest BCUT2D eigenvalue weighted by Crippen LogP contribution is -2.43. The molecule has 0 aliphatic heterocycles. The highest BCUT2D eigenvalue weighted by atomic mass is 16.6. The second-order valence-corrected chi connectivity index (χ2v) is 7.70. The number of hydrogen-bond donors (Lipinski definition) is 1. The van der Waals surface area contributed by atoms with E-state index in [1.54, 1.807) is 26.8 Å². The van der Waals surface area contributed by atoms with Crippen molar-refractivity contribution in [2.75, 3.05) is 7.11 Å². The van der Waals surface area contributed by atoms with E-state index in [2.05, 4.69) is 5.32 Å². The van der Waals surface area contributed by atoms with Crippen LogP contribution in [0.3, 0.4) is 0 Å². The zero-order chi connectivity index (χ0) is 22.0. The molecule has 6 nitrogen and oxygen atoms in total. The van der Waals surface area contributed by atoms with Gasteiger partial charge in [-0.1, -0.05) is 54.6 Å². The minimum atomic E-state index is -0.824. The molecule has 0 aliphatic carbocycles. The molecule has 2 aromatic carbocycles. The van der Waals surface area contributed by atoms with Crippen molar-refractivity contribution in [2.45, 2.75) is 45.4 Å². The normalized spacial score (nSPS) is 12.3. The van der Waals surface area contributed by atoms with Gasteiger partial charge in [0.15, 0.2) is 0 Å². The molecule has 0 unspecified atom stereocenters. The number of benzene rings is 2. The van der Waals surface area contributed by atoms with E-state index in [0.717, 1.165) is 16.9 Å². The number of carbonyl (C=O) groups is 2. The first-order valence-corrected chi connectivity index (χ1v) is 9.77. The van der Waals surface area contributed by atoms with Crippen molar-refractivity contribution < 1.29 is 23.8 Å². The molecule has 0 spiro atoms. The molecule has 0 fully saturated rings. The molecule has 1 N–H and O–H groups in total. The van der Waals surface area contributed by atoms with E-state index >= 15 is 0 Å². The molecule has 1 atom stereocenters. The quantitative estimate of drug-likeness (QED) is 0.636. The summed E-state index contributed by atoms with van der Waals surface area (Å²) in [5, 5.41) is 2.54. The molecule has 30 heavy (non-hydrogen) atoms. The SMILES string of the molecule is COC(=O)[C@H](C/C=C\c1ccc(OCc2ccccc2)cc1)NC(=O)OC(C)(C)C.